The minimum atomic E-state index is 0.399. The third-order valence-electron chi connectivity index (χ3n) is 3.75. The van der Waals surface area contributed by atoms with Crippen LogP contribution in [0.4, 0.5) is 5.69 Å². The molecule has 0 bridgehead atoms. The summed E-state index contributed by atoms with van der Waals surface area (Å²) in [7, 11) is 0. The topological polar surface area (TPSA) is 44.5 Å². The fraction of sp³-hybridized carbons (Fsp3) is 0.625. The summed E-state index contributed by atoms with van der Waals surface area (Å²) in [6.07, 6.45) is 4.09. The van der Waals surface area contributed by atoms with Gasteiger partial charge in [-0.05, 0) is 43.2 Å². The van der Waals surface area contributed by atoms with E-state index >= 15 is 0 Å². The van der Waals surface area contributed by atoms with Crippen LogP contribution in [0.2, 0.25) is 0 Å². The van der Waals surface area contributed by atoms with Gasteiger partial charge in [0.15, 0.2) is 0 Å². The summed E-state index contributed by atoms with van der Waals surface area (Å²) in [5, 5.41) is 0. The molecular formula is C16H25NO2. The van der Waals surface area contributed by atoms with Crippen molar-refractivity contribution in [2.75, 3.05) is 18.9 Å². The van der Waals surface area contributed by atoms with Crippen LogP contribution >= 0.6 is 0 Å². The molecule has 0 aromatic heterocycles. The first kappa shape index (κ1) is 14.2. The Morgan fingerprint density at radius 2 is 1.74 bits per heavy atom. The van der Waals surface area contributed by atoms with Gasteiger partial charge in [0, 0.05) is 0 Å². The molecular weight excluding hydrogens is 238 g/mol. The number of benzene rings is 1. The quantitative estimate of drug-likeness (QED) is 0.653. The molecule has 19 heavy (non-hydrogen) atoms. The Balaban J connectivity index is 1.68. The van der Waals surface area contributed by atoms with E-state index in [-0.39, 0.29) is 0 Å². The average molecular weight is 263 g/mol. The van der Waals surface area contributed by atoms with E-state index < -0.39 is 0 Å². The molecule has 0 radical (unpaired) electrons. The van der Waals surface area contributed by atoms with Crippen molar-refractivity contribution >= 4 is 5.69 Å². The molecule has 1 saturated carbocycles. The molecule has 0 saturated heterocycles. The lowest BCUT2D eigenvalue weighted by Gasteiger charge is -2.31. The Bertz CT molecular complexity index is 384. The summed E-state index contributed by atoms with van der Waals surface area (Å²) in [6, 6.07) is 7.57. The highest BCUT2D eigenvalue weighted by molar-refractivity contribution is 5.51. The molecule has 3 heteroatoms. The van der Waals surface area contributed by atoms with Crippen LogP contribution in [-0.4, -0.2) is 19.3 Å². The van der Waals surface area contributed by atoms with Crippen molar-refractivity contribution in [2.24, 2.45) is 11.8 Å². The molecule has 0 spiro atoms. The summed E-state index contributed by atoms with van der Waals surface area (Å²) in [4.78, 5) is 0. The summed E-state index contributed by atoms with van der Waals surface area (Å²) >= 11 is 0. The van der Waals surface area contributed by atoms with Gasteiger partial charge in [0.25, 0.3) is 0 Å². The molecule has 106 valence electrons. The maximum atomic E-state index is 5.92. The molecule has 1 aliphatic carbocycles. The predicted molar refractivity (Wildman–Crippen MR) is 78.3 cm³/mol. The van der Waals surface area contributed by atoms with Crippen LogP contribution in [-0.2, 0) is 4.74 Å². The van der Waals surface area contributed by atoms with Crippen LogP contribution < -0.4 is 10.5 Å². The van der Waals surface area contributed by atoms with Crippen LogP contribution in [0.3, 0.4) is 0 Å². The van der Waals surface area contributed by atoms with E-state index in [4.69, 9.17) is 15.2 Å². The fourth-order valence-electron chi connectivity index (χ4n) is 2.99. The molecule has 2 N–H and O–H groups in total. The molecule has 3 nitrogen and oxygen atoms in total. The van der Waals surface area contributed by atoms with Crippen LogP contribution in [0, 0.1) is 11.8 Å². The third kappa shape index (κ3) is 4.43. The summed E-state index contributed by atoms with van der Waals surface area (Å²) in [5.74, 6) is 2.30. The van der Waals surface area contributed by atoms with Gasteiger partial charge in [0.05, 0.1) is 18.4 Å². The van der Waals surface area contributed by atoms with Gasteiger partial charge in [-0.3, -0.25) is 0 Å². The van der Waals surface area contributed by atoms with E-state index in [1.807, 2.05) is 24.3 Å². The first-order valence-electron chi connectivity index (χ1n) is 7.24. The zero-order valence-corrected chi connectivity index (χ0v) is 12.0. The van der Waals surface area contributed by atoms with Crippen molar-refractivity contribution in [1.82, 2.24) is 0 Å². The predicted octanol–water partition coefficient (Wildman–Crippen LogP) is 3.49. The molecule has 2 rings (SSSR count). The zero-order chi connectivity index (χ0) is 13.7. The largest absolute Gasteiger partial charge is 0.489 e. The molecule has 0 amide bonds. The highest BCUT2D eigenvalue weighted by Crippen LogP contribution is 2.30. The van der Waals surface area contributed by atoms with Gasteiger partial charge in [0.2, 0.25) is 0 Å². The lowest BCUT2D eigenvalue weighted by molar-refractivity contribution is -0.0106. The number of rotatable bonds is 5. The second-order valence-electron chi connectivity index (χ2n) is 5.80. The van der Waals surface area contributed by atoms with Crippen molar-refractivity contribution in [3.8, 4) is 5.75 Å². The lowest BCUT2D eigenvalue weighted by atomic mass is 9.82. The smallest absolute Gasteiger partial charge is 0.142 e. The summed E-state index contributed by atoms with van der Waals surface area (Å²) < 4.78 is 11.6. The summed E-state index contributed by atoms with van der Waals surface area (Å²) in [5.41, 5.74) is 6.50. The van der Waals surface area contributed by atoms with Gasteiger partial charge in [-0.1, -0.05) is 26.0 Å². The second kappa shape index (κ2) is 6.80. The highest BCUT2D eigenvalue weighted by Gasteiger charge is 2.24. The Morgan fingerprint density at radius 1 is 1.05 bits per heavy atom. The van der Waals surface area contributed by atoms with E-state index in [0.717, 1.165) is 17.6 Å². The number of para-hydroxylation sites is 2. The lowest BCUT2D eigenvalue weighted by Crippen LogP contribution is -2.27. The maximum Gasteiger partial charge on any atom is 0.142 e. The Hall–Kier alpha value is -1.22. The van der Waals surface area contributed by atoms with E-state index in [0.29, 0.717) is 25.0 Å². The minimum Gasteiger partial charge on any atom is -0.489 e. The van der Waals surface area contributed by atoms with Crippen LogP contribution in [0.15, 0.2) is 24.3 Å². The first-order valence-corrected chi connectivity index (χ1v) is 7.24. The number of hydrogen-bond acceptors (Lipinski definition) is 3. The Labute approximate surface area is 116 Å². The molecule has 0 aliphatic heterocycles. The standard InChI is InChI=1S/C16H25NO2/c1-12-9-13(2)11-14(10-12)18-7-8-19-16-6-4-3-5-15(16)17/h3-6,12-14H,7-11,17H2,1-2H3. The number of ether oxygens (including phenoxy) is 2. The van der Waals surface area contributed by atoms with Gasteiger partial charge in [0.1, 0.15) is 12.4 Å². The van der Waals surface area contributed by atoms with Gasteiger partial charge in [-0.15, -0.1) is 0 Å². The Kier molecular flexibility index (Phi) is 5.08. The van der Waals surface area contributed by atoms with E-state index in [2.05, 4.69) is 13.8 Å². The molecule has 1 aromatic rings. The maximum absolute atomic E-state index is 5.92. The fourth-order valence-corrected chi connectivity index (χ4v) is 2.99. The van der Waals surface area contributed by atoms with Gasteiger partial charge >= 0.3 is 0 Å². The van der Waals surface area contributed by atoms with Crippen molar-refractivity contribution in [2.45, 2.75) is 39.2 Å². The van der Waals surface area contributed by atoms with E-state index in [1.54, 1.807) is 0 Å². The van der Waals surface area contributed by atoms with Crippen molar-refractivity contribution in [1.29, 1.82) is 0 Å². The number of nitrogen functional groups attached to an aromatic ring is 1. The van der Waals surface area contributed by atoms with Crippen molar-refractivity contribution < 1.29 is 9.47 Å². The normalized spacial score (nSPS) is 27.2. The summed E-state index contributed by atoms with van der Waals surface area (Å²) in [6.45, 7) is 5.83. The first-order chi connectivity index (χ1) is 9.15. The SMILES string of the molecule is CC1CC(C)CC(OCCOc2ccccc2N)C1. The third-order valence-corrected chi connectivity index (χ3v) is 3.75. The highest BCUT2D eigenvalue weighted by atomic mass is 16.5. The van der Waals surface area contributed by atoms with Gasteiger partial charge < -0.3 is 15.2 Å². The van der Waals surface area contributed by atoms with E-state index in [1.165, 1.54) is 19.3 Å². The number of hydrogen-bond donors (Lipinski definition) is 1. The molecule has 0 heterocycles. The molecule has 1 aliphatic rings. The number of nitrogens with two attached hydrogens (primary N) is 1. The molecule has 1 aromatic carbocycles. The van der Waals surface area contributed by atoms with Crippen molar-refractivity contribution in [3.63, 3.8) is 0 Å². The molecule has 1 fully saturated rings. The minimum absolute atomic E-state index is 0.399. The second-order valence-corrected chi connectivity index (χ2v) is 5.80. The Morgan fingerprint density at radius 3 is 2.42 bits per heavy atom. The van der Waals surface area contributed by atoms with E-state index in [9.17, 15) is 0 Å². The van der Waals surface area contributed by atoms with Gasteiger partial charge in [-0.2, -0.15) is 0 Å². The monoisotopic (exact) mass is 263 g/mol. The van der Waals surface area contributed by atoms with Gasteiger partial charge in [-0.25, -0.2) is 0 Å². The average Bonchev–Trinajstić information content (AvgIpc) is 2.35. The molecule has 2 atom stereocenters. The molecule has 2 unspecified atom stereocenters. The van der Waals surface area contributed by atoms with Crippen LogP contribution in [0.25, 0.3) is 0 Å². The van der Waals surface area contributed by atoms with Crippen LogP contribution in [0.1, 0.15) is 33.1 Å². The zero-order valence-electron chi connectivity index (χ0n) is 12.0. The van der Waals surface area contributed by atoms with Crippen LogP contribution in [0.5, 0.6) is 5.75 Å². The number of anilines is 1. The van der Waals surface area contributed by atoms with Crippen molar-refractivity contribution in [3.05, 3.63) is 24.3 Å².